The van der Waals surface area contributed by atoms with Gasteiger partial charge in [0.2, 0.25) is 0 Å². The zero-order valence-electron chi connectivity index (χ0n) is 7.05. The van der Waals surface area contributed by atoms with Crippen LogP contribution in [0.15, 0.2) is 0 Å². The van der Waals surface area contributed by atoms with Gasteiger partial charge in [-0.2, -0.15) is 0 Å². The second kappa shape index (κ2) is 3.74. The van der Waals surface area contributed by atoms with Crippen LogP contribution in [0.25, 0.3) is 0 Å². The first-order valence-electron chi connectivity index (χ1n) is 4.48. The van der Waals surface area contributed by atoms with Crippen LogP contribution < -0.4 is 0 Å². The molecule has 0 unspecified atom stereocenters. The molecule has 0 amide bonds. The van der Waals surface area contributed by atoms with Crippen LogP contribution in [0.4, 0.5) is 0 Å². The summed E-state index contributed by atoms with van der Waals surface area (Å²) in [6, 6.07) is 0. The maximum absolute atomic E-state index is 10.4. The Morgan fingerprint density at radius 3 is 2.73 bits per heavy atom. The topological polar surface area (TPSA) is 37.3 Å². The predicted octanol–water partition coefficient (Wildman–Crippen LogP) is 2.29. The van der Waals surface area contributed by atoms with Crippen LogP contribution in [0.1, 0.15) is 39.0 Å². The van der Waals surface area contributed by atoms with E-state index < -0.39 is 5.97 Å². The lowest BCUT2D eigenvalue weighted by Crippen LogP contribution is -1.99. The first-order valence-corrected chi connectivity index (χ1v) is 4.48. The molecule has 1 aliphatic rings. The number of unbranched alkanes of at least 4 members (excludes halogenated alkanes) is 2. The molecule has 1 fully saturated rings. The van der Waals surface area contributed by atoms with E-state index in [4.69, 9.17) is 5.11 Å². The molecular formula is C9H16O2. The van der Waals surface area contributed by atoms with Crippen molar-refractivity contribution in [1.82, 2.24) is 0 Å². The van der Waals surface area contributed by atoms with Crippen LogP contribution in [-0.2, 0) is 4.79 Å². The first-order chi connectivity index (χ1) is 5.25. The molecule has 0 aromatic heterocycles. The molecule has 1 N–H and O–H groups in total. The minimum Gasteiger partial charge on any atom is -0.481 e. The van der Waals surface area contributed by atoms with E-state index in [1.807, 2.05) is 0 Å². The van der Waals surface area contributed by atoms with Gasteiger partial charge < -0.3 is 5.11 Å². The van der Waals surface area contributed by atoms with E-state index in [-0.39, 0.29) is 5.92 Å². The molecule has 2 nitrogen and oxygen atoms in total. The van der Waals surface area contributed by atoms with E-state index in [9.17, 15) is 4.79 Å². The van der Waals surface area contributed by atoms with Crippen molar-refractivity contribution in [2.75, 3.05) is 0 Å². The first kappa shape index (κ1) is 8.57. The van der Waals surface area contributed by atoms with Crippen molar-refractivity contribution in [2.24, 2.45) is 11.8 Å². The fraction of sp³-hybridized carbons (Fsp3) is 0.889. The van der Waals surface area contributed by atoms with Crippen LogP contribution in [0.3, 0.4) is 0 Å². The van der Waals surface area contributed by atoms with Crippen molar-refractivity contribution >= 4 is 5.97 Å². The molecule has 1 aliphatic carbocycles. The standard InChI is InChI=1S/C9H16O2/c1-2-3-4-5-7-6-8(7)9(10)11/h7-8H,2-6H2,1H3,(H,10,11)/t7-,8+/m1/s1. The molecule has 2 heteroatoms. The summed E-state index contributed by atoms with van der Waals surface area (Å²) >= 11 is 0. The van der Waals surface area contributed by atoms with Crippen molar-refractivity contribution < 1.29 is 9.90 Å². The molecule has 0 aromatic carbocycles. The number of carbonyl (C=O) groups is 1. The van der Waals surface area contributed by atoms with Crippen molar-refractivity contribution in [3.05, 3.63) is 0 Å². The molecule has 11 heavy (non-hydrogen) atoms. The van der Waals surface area contributed by atoms with Crippen molar-refractivity contribution in [3.8, 4) is 0 Å². The molecule has 2 atom stereocenters. The minimum absolute atomic E-state index is 0.00635. The SMILES string of the molecule is CCCCC[C@@H]1C[C@@H]1C(=O)O. The minimum atomic E-state index is -0.591. The van der Waals surface area contributed by atoms with Crippen molar-refractivity contribution in [3.63, 3.8) is 0 Å². The predicted molar refractivity (Wildman–Crippen MR) is 43.4 cm³/mol. The fourth-order valence-electron chi connectivity index (χ4n) is 1.53. The van der Waals surface area contributed by atoms with E-state index in [2.05, 4.69) is 6.92 Å². The number of aliphatic carboxylic acids is 1. The maximum Gasteiger partial charge on any atom is 0.306 e. The van der Waals surface area contributed by atoms with Crippen molar-refractivity contribution in [2.45, 2.75) is 39.0 Å². The lowest BCUT2D eigenvalue weighted by atomic mass is 10.1. The summed E-state index contributed by atoms with van der Waals surface area (Å²) in [7, 11) is 0. The lowest BCUT2D eigenvalue weighted by molar-refractivity contribution is -0.138. The van der Waals surface area contributed by atoms with Gasteiger partial charge in [0.1, 0.15) is 0 Å². The maximum atomic E-state index is 10.4. The third kappa shape index (κ3) is 2.52. The zero-order chi connectivity index (χ0) is 8.27. The van der Waals surface area contributed by atoms with Gasteiger partial charge in [-0.05, 0) is 18.8 Å². The van der Waals surface area contributed by atoms with Crippen LogP contribution in [0.2, 0.25) is 0 Å². The third-order valence-corrected chi connectivity index (χ3v) is 2.42. The summed E-state index contributed by atoms with van der Waals surface area (Å²) in [5, 5.41) is 8.58. The Kier molecular flexibility index (Phi) is 2.92. The van der Waals surface area contributed by atoms with Crippen LogP contribution >= 0.6 is 0 Å². The zero-order valence-corrected chi connectivity index (χ0v) is 7.05. The molecule has 0 aliphatic heterocycles. The molecule has 1 saturated carbocycles. The molecule has 0 bridgehead atoms. The third-order valence-electron chi connectivity index (χ3n) is 2.42. The second-order valence-electron chi connectivity index (χ2n) is 3.44. The fourth-order valence-corrected chi connectivity index (χ4v) is 1.53. The molecule has 64 valence electrons. The van der Waals surface area contributed by atoms with Gasteiger partial charge in [0.15, 0.2) is 0 Å². The van der Waals surface area contributed by atoms with Gasteiger partial charge in [0.05, 0.1) is 5.92 Å². The average Bonchev–Trinajstić information content (AvgIpc) is 2.68. The van der Waals surface area contributed by atoms with Gasteiger partial charge in [-0.1, -0.05) is 26.2 Å². The molecule has 0 aromatic rings. The van der Waals surface area contributed by atoms with Crippen LogP contribution in [-0.4, -0.2) is 11.1 Å². The highest BCUT2D eigenvalue weighted by Gasteiger charge is 2.41. The Bertz CT molecular complexity index is 142. The normalized spacial score (nSPS) is 28.5. The average molecular weight is 156 g/mol. The Labute approximate surface area is 67.6 Å². The molecule has 0 heterocycles. The summed E-state index contributed by atoms with van der Waals surface area (Å²) < 4.78 is 0. The van der Waals surface area contributed by atoms with Gasteiger partial charge in [0, 0.05) is 0 Å². The quantitative estimate of drug-likeness (QED) is 0.620. The number of hydrogen-bond donors (Lipinski definition) is 1. The van der Waals surface area contributed by atoms with E-state index in [1.165, 1.54) is 19.3 Å². The van der Waals surface area contributed by atoms with Crippen LogP contribution in [0, 0.1) is 11.8 Å². The summed E-state index contributed by atoms with van der Waals surface area (Å²) in [5.74, 6) is -0.0718. The Morgan fingerprint density at radius 2 is 2.27 bits per heavy atom. The highest BCUT2D eigenvalue weighted by Crippen LogP contribution is 2.42. The number of carboxylic acid groups (broad SMARTS) is 1. The van der Waals surface area contributed by atoms with Gasteiger partial charge in [-0.25, -0.2) is 0 Å². The van der Waals surface area contributed by atoms with E-state index in [0.29, 0.717) is 5.92 Å². The monoisotopic (exact) mass is 156 g/mol. The molecule has 1 rings (SSSR count). The largest absolute Gasteiger partial charge is 0.481 e. The van der Waals surface area contributed by atoms with Gasteiger partial charge in [-0.15, -0.1) is 0 Å². The smallest absolute Gasteiger partial charge is 0.306 e. The summed E-state index contributed by atoms with van der Waals surface area (Å²) in [6.07, 6.45) is 5.75. The number of hydrogen-bond acceptors (Lipinski definition) is 1. The van der Waals surface area contributed by atoms with E-state index in [0.717, 1.165) is 12.8 Å². The van der Waals surface area contributed by atoms with E-state index >= 15 is 0 Å². The van der Waals surface area contributed by atoms with Gasteiger partial charge in [-0.3, -0.25) is 4.79 Å². The van der Waals surface area contributed by atoms with E-state index in [1.54, 1.807) is 0 Å². The number of carboxylic acids is 1. The number of rotatable bonds is 5. The summed E-state index contributed by atoms with van der Waals surface area (Å²) in [4.78, 5) is 10.4. The summed E-state index contributed by atoms with van der Waals surface area (Å²) in [5.41, 5.74) is 0. The Hall–Kier alpha value is -0.530. The van der Waals surface area contributed by atoms with Crippen molar-refractivity contribution in [1.29, 1.82) is 0 Å². The van der Waals surface area contributed by atoms with Gasteiger partial charge in [0.25, 0.3) is 0 Å². The molecule has 0 spiro atoms. The Morgan fingerprint density at radius 1 is 1.55 bits per heavy atom. The van der Waals surface area contributed by atoms with Crippen LogP contribution in [0.5, 0.6) is 0 Å². The van der Waals surface area contributed by atoms with Gasteiger partial charge >= 0.3 is 5.97 Å². The molecule has 0 saturated heterocycles. The molecule has 0 radical (unpaired) electrons. The summed E-state index contributed by atoms with van der Waals surface area (Å²) in [6.45, 7) is 2.17. The highest BCUT2D eigenvalue weighted by atomic mass is 16.4. The highest BCUT2D eigenvalue weighted by molar-refractivity contribution is 5.73. The lowest BCUT2D eigenvalue weighted by Gasteiger charge is -1.95. The Balaban J connectivity index is 2.00. The second-order valence-corrected chi connectivity index (χ2v) is 3.44. The molecular weight excluding hydrogens is 140 g/mol.